The maximum absolute atomic E-state index is 4.58. The van der Waals surface area contributed by atoms with Gasteiger partial charge < -0.3 is 10.6 Å². The summed E-state index contributed by atoms with van der Waals surface area (Å²) in [7, 11) is 0. The molecule has 1 aromatic heterocycles. The lowest BCUT2D eigenvalue weighted by Crippen LogP contribution is -2.37. The van der Waals surface area contributed by atoms with Crippen molar-refractivity contribution in [1.29, 1.82) is 0 Å². The number of thiophene rings is 1. The highest BCUT2D eigenvalue weighted by Crippen LogP contribution is 2.31. The van der Waals surface area contributed by atoms with Crippen LogP contribution < -0.4 is 10.6 Å². The summed E-state index contributed by atoms with van der Waals surface area (Å²) in [5.74, 6) is 1.92. The minimum atomic E-state index is 0. The van der Waals surface area contributed by atoms with Crippen LogP contribution in [0.25, 0.3) is 0 Å². The van der Waals surface area contributed by atoms with Gasteiger partial charge in [0.15, 0.2) is 5.96 Å². The predicted molar refractivity (Wildman–Crippen MR) is 89.9 cm³/mol. The van der Waals surface area contributed by atoms with E-state index >= 15 is 0 Å². The molecule has 1 saturated carbocycles. The van der Waals surface area contributed by atoms with E-state index in [4.69, 9.17) is 0 Å². The van der Waals surface area contributed by atoms with Crippen molar-refractivity contribution in [2.75, 3.05) is 13.1 Å². The fraction of sp³-hybridized carbons (Fsp3) is 0.615. The van der Waals surface area contributed by atoms with Crippen molar-refractivity contribution in [2.24, 2.45) is 10.9 Å². The molecule has 18 heavy (non-hydrogen) atoms. The molecule has 1 aliphatic carbocycles. The highest BCUT2D eigenvalue weighted by Gasteiger charge is 2.20. The van der Waals surface area contributed by atoms with Crippen LogP contribution in [0.4, 0.5) is 0 Å². The van der Waals surface area contributed by atoms with E-state index in [1.54, 1.807) is 11.3 Å². The van der Waals surface area contributed by atoms with Crippen LogP contribution in [0.15, 0.2) is 22.5 Å². The molecule has 0 unspecified atom stereocenters. The van der Waals surface area contributed by atoms with Crippen LogP contribution in [0.1, 0.15) is 31.1 Å². The van der Waals surface area contributed by atoms with Crippen LogP contribution in [0, 0.1) is 5.92 Å². The highest BCUT2D eigenvalue weighted by molar-refractivity contribution is 14.0. The molecule has 0 amide bonds. The van der Waals surface area contributed by atoms with Crippen LogP contribution in [-0.2, 0) is 6.54 Å². The standard InChI is InChI=1S/C13H21N3S.HI/c1-2-14-13(15-8-7-11-5-6-11)16-10-12-4-3-9-17-12;/h3-4,9,11H,2,5-8,10H2,1H3,(H2,14,15,16);1H. The van der Waals surface area contributed by atoms with Crippen molar-refractivity contribution in [3.8, 4) is 0 Å². The Balaban J connectivity index is 0.00000162. The van der Waals surface area contributed by atoms with E-state index < -0.39 is 0 Å². The van der Waals surface area contributed by atoms with Crippen molar-refractivity contribution in [3.63, 3.8) is 0 Å². The zero-order valence-corrected chi connectivity index (χ0v) is 14.0. The number of nitrogens with one attached hydrogen (secondary N) is 2. The van der Waals surface area contributed by atoms with Gasteiger partial charge in [-0.15, -0.1) is 35.3 Å². The van der Waals surface area contributed by atoms with Gasteiger partial charge in [-0.1, -0.05) is 18.9 Å². The van der Waals surface area contributed by atoms with Gasteiger partial charge in [0.2, 0.25) is 0 Å². The number of aliphatic imine (C=N–C) groups is 1. The van der Waals surface area contributed by atoms with E-state index in [1.807, 2.05) is 0 Å². The Morgan fingerprint density at radius 3 is 2.89 bits per heavy atom. The highest BCUT2D eigenvalue weighted by atomic mass is 127. The molecule has 1 aromatic rings. The smallest absolute Gasteiger partial charge is 0.191 e. The molecule has 1 fully saturated rings. The Kier molecular flexibility index (Phi) is 7.65. The third kappa shape index (κ3) is 6.04. The van der Waals surface area contributed by atoms with E-state index in [1.165, 1.54) is 24.1 Å². The Labute approximate surface area is 130 Å². The first-order chi connectivity index (χ1) is 8.38. The number of halogens is 1. The maximum atomic E-state index is 4.58. The topological polar surface area (TPSA) is 36.4 Å². The zero-order valence-electron chi connectivity index (χ0n) is 10.8. The van der Waals surface area contributed by atoms with Crippen molar-refractivity contribution < 1.29 is 0 Å². The van der Waals surface area contributed by atoms with E-state index in [-0.39, 0.29) is 24.0 Å². The molecule has 5 heteroatoms. The first-order valence-corrected chi connectivity index (χ1v) is 7.31. The molecular weight excluding hydrogens is 357 g/mol. The molecule has 1 aliphatic rings. The fourth-order valence-electron chi connectivity index (χ4n) is 1.70. The Bertz CT molecular complexity index is 347. The van der Waals surface area contributed by atoms with E-state index in [9.17, 15) is 0 Å². The fourth-order valence-corrected chi connectivity index (χ4v) is 2.33. The molecule has 1 heterocycles. The summed E-state index contributed by atoms with van der Waals surface area (Å²) in [5.41, 5.74) is 0. The quantitative estimate of drug-likeness (QED) is 0.452. The van der Waals surface area contributed by atoms with E-state index in [2.05, 4.69) is 40.1 Å². The molecule has 0 radical (unpaired) electrons. The van der Waals surface area contributed by atoms with Crippen molar-refractivity contribution >= 4 is 41.3 Å². The molecule has 3 nitrogen and oxygen atoms in total. The molecule has 0 atom stereocenters. The van der Waals surface area contributed by atoms with Crippen LogP contribution in [-0.4, -0.2) is 19.0 Å². The maximum Gasteiger partial charge on any atom is 0.191 e. The van der Waals surface area contributed by atoms with Gasteiger partial charge in [-0.2, -0.15) is 0 Å². The zero-order chi connectivity index (χ0) is 11.9. The van der Waals surface area contributed by atoms with Gasteiger partial charge in [0.05, 0.1) is 6.54 Å². The average molecular weight is 379 g/mol. The molecule has 0 aromatic carbocycles. The van der Waals surface area contributed by atoms with Crippen molar-refractivity contribution in [3.05, 3.63) is 22.4 Å². The lowest BCUT2D eigenvalue weighted by Gasteiger charge is -2.10. The molecule has 0 aliphatic heterocycles. The first-order valence-electron chi connectivity index (χ1n) is 6.43. The largest absolute Gasteiger partial charge is 0.357 e. The summed E-state index contributed by atoms with van der Waals surface area (Å²) < 4.78 is 0. The molecular formula is C13H22IN3S. The third-order valence-corrected chi connectivity index (χ3v) is 3.72. The average Bonchev–Trinajstić information content (AvgIpc) is 3.00. The van der Waals surface area contributed by atoms with E-state index in [0.717, 1.165) is 31.5 Å². The molecule has 2 rings (SSSR count). The van der Waals surface area contributed by atoms with Gasteiger partial charge in [0.25, 0.3) is 0 Å². The third-order valence-electron chi connectivity index (χ3n) is 2.86. The van der Waals surface area contributed by atoms with Gasteiger partial charge in [0.1, 0.15) is 0 Å². The molecule has 2 N–H and O–H groups in total. The van der Waals surface area contributed by atoms with Gasteiger partial charge in [-0.3, -0.25) is 0 Å². The second-order valence-electron chi connectivity index (χ2n) is 4.43. The second kappa shape index (κ2) is 8.74. The Morgan fingerprint density at radius 1 is 1.44 bits per heavy atom. The van der Waals surface area contributed by atoms with Crippen LogP contribution in [0.3, 0.4) is 0 Å². The Morgan fingerprint density at radius 2 is 2.28 bits per heavy atom. The first kappa shape index (κ1) is 15.8. The van der Waals surface area contributed by atoms with Crippen molar-refractivity contribution in [2.45, 2.75) is 32.7 Å². The van der Waals surface area contributed by atoms with Crippen molar-refractivity contribution in [1.82, 2.24) is 10.6 Å². The SMILES string of the molecule is CCNC(=NCc1cccs1)NCCC1CC1.I. The Hall–Kier alpha value is -0.300. The minimum absolute atomic E-state index is 0. The number of rotatable bonds is 6. The van der Waals surface area contributed by atoms with Crippen LogP contribution >= 0.6 is 35.3 Å². The normalized spacial score (nSPS) is 15.1. The number of hydrogen-bond acceptors (Lipinski definition) is 2. The monoisotopic (exact) mass is 379 g/mol. The molecule has 0 spiro atoms. The molecule has 102 valence electrons. The van der Waals surface area contributed by atoms with Gasteiger partial charge >= 0.3 is 0 Å². The predicted octanol–water partition coefficient (Wildman–Crippen LogP) is 3.22. The lowest BCUT2D eigenvalue weighted by atomic mass is 10.3. The lowest BCUT2D eigenvalue weighted by molar-refractivity contribution is 0.685. The van der Waals surface area contributed by atoms with Crippen LogP contribution in [0.5, 0.6) is 0 Å². The number of nitrogens with zero attached hydrogens (tertiary/aromatic N) is 1. The number of guanidine groups is 1. The molecule has 0 bridgehead atoms. The minimum Gasteiger partial charge on any atom is -0.357 e. The number of hydrogen-bond donors (Lipinski definition) is 2. The molecule has 0 saturated heterocycles. The van der Waals surface area contributed by atoms with E-state index in [0.29, 0.717) is 0 Å². The van der Waals surface area contributed by atoms with Gasteiger partial charge in [-0.05, 0) is 30.7 Å². The second-order valence-corrected chi connectivity index (χ2v) is 5.47. The summed E-state index contributed by atoms with van der Waals surface area (Å²) in [6.07, 6.45) is 4.12. The van der Waals surface area contributed by atoms with Crippen LogP contribution in [0.2, 0.25) is 0 Å². The van der Waals surface area contributed by atoms with Gasteiger partial charge in [-0.25, -0.2) is 4.99 Å². The summed E-state index contributed by atoms with van der Waals surface area (Å²) in [6.45, 7) is 4.83. The summed E-state index contributed by atoms with van der Waals surface area (Å²) >= 11 is 1.76. The van der Waals surface area contributed by atoms with Gasteiger partial charge in [0, 0.05) is 18.0 Å². The summed E-state index contributed by atoms with van der Waals surface area (Å²) in [6, 6.07) is 4.20. The summed E-state index contributed by atoms with van der Waals surface area (Å²) in [4.78, 5) is 5.89. The summed E-state index contributed by atoms with van der Waals surface area (Å²) in [5, 5.41) is 8.78.